The van der Waals surface area contributed by atoms with Crippen molar-refractivity contribution in [3.63, 3.8) is 0 Å². The number of rotatable bonds is 6. The van der Waals surface area contributed by atoms with Gasteiger partial charge in [0.25, 0.3) is 0 Å². The van der Waals surface area contributed by atoms with Crippen LogP contribution in [-0.2, 0) is 14.3 Å². The Morgan fingerprint density at radius 2 is 1.95 bits per heavy atom. The summed E-state index contributed by atoms with van der Waals surface area (Å²) in [6, 6.07) is 6.37. The quantitative estimate of drug-likeness (QED) is 0.617. The Hall–Kier alpha value is -2.37. The number of esters is 1. The summed E-state index contributed by atoms with van der Waals surface area (Å²) < 4.78 is 4.60. The third-order valence-electron chi connectivity index (χ3n) is 2.91. The number of methoxy groups -OCH3 is 1. The highest BCUT2D eigenvalue weighted by molar-refractivity contribution is 6.04. The first-order valence-electron chi connectivity index (χ1n) is 6.73. The van der Waals surface area contributed by atoms with Crippen molar-refractivity contribution < 1.29 is 19.1 Å². The second-order valence-corrected chi connectivity index (χ2v) is 4.67. The maximum atomic E-state index is 11.8. The van der Waals surface area contributed by atoms with E-state index in [9.17, 15) is 14.4 Å². The SMILES string of the molecule is CCC(C)NC(=O)CC(=O)Nc1cccc(C(=O)OC)c1. The second-order valence-electron chi connectivity index (χ2n) is 4.67. The van der Waals surface area contributed by atoms with Gasteiger partial charge in [0.15, 0.2) is 0 Å². The van der Waals surface area contributed by atoms with Crippen molar-refractivity contribution in [3.05, 3.63) is 29.8 Å². The van der Waals surface area contributed by atoms with E-state index >= 15 is 0 Å². The predicted octanol–water partition coefficient (Wildman–Crippen LogP) is 1.72. The van der Waals surface area contributed by atoms with E-state index in [1.165, 1.54) is 13.2 Å². The van der Waals surface area contributed by atoms with Crippen LogP contribution in [0.25, 0.3) is 0 Å². The molecule has 1 aromatic carbocycles. The number of carbonyl (C=O) groups is 3. The molecule has 0 saturated carbocycles. The molecular weight excluding hydrogens is 272 g/mol. The van der Waals surface area contributed by atoms with E-state index in [0.717, 1.165) is 6.42 Å². The third kappa shape index (κ3) is 5.64. The molecule has 1 aromatic rings. The van der Waals surface area contributed by atoms with Crippen molar-refractivity contribution in [2.24, 2.45) is 0 Å². The average molecular weight is 292 g/mol. The number of ether oxygens (including phenoxy) is 1. The third-order valence-corrected chi connectivity index (χ3v) is 2.91. The minimum atomic E-state index is -0.486. The van der Waals surface area contributed by atoms with Gasteiger partial charge in [-0.1, -0.05) is 13.0 Å². The van der Waals surface area contributed by atoms with Gasteiger partial charge in [-0.2, -0.15) is 0 Å². The zero-order valence-corrected chi connectivity index (χ0v) is 12.4. The summed E-state index contributed by atoms with van der Waals surface area (Å²) >= 11 is 0. The summed E-state index contributed by atoms with van der Waals surface area (Å²) in [6.07, 6.45) is 0.543. The highest BCUT2D eigenvalue weighted by Crippen LogP contribution is 2.11. The van der Waals surface area contributed by atoms with E-state index in [4.69, 9.17) is 0 Å². The van der Waals surface area contributed by atoms with Crippen molar-refractivity contribution in [2.45, 2.75) is 32.7 Å². The van der Waals surface area contributed by atoms with Crippen LogP contribution in [0, 0.1) is 0 Å². The van der Waals surface area contributed by atoms with Gasteiger partial charge in [-0.15, -0.1) is 0 Å². The van der Waals surface area contributed by atoms with Gasteiger partial charge in [-0.3, -0.25) is 9.59 Å². The molecule has 21 heavy (non-hydrogen) atoms. The lowest BCUT2D eigenvalue weighted by atomic mass is 10.2. The highest BCUT2D eigenvalue weighted by atomic mass is 16.5. The molecule has 2 N–H and O–H groups in total. The van der Waals surface area contributed by atoms with Crippen molar-refractivity contribution >= 4 is 23.5 Å². The van der Waals surface area contributed by atoms with Crippen LogP contribution in [0.5, 0.6) is 0 Å². The molecule has 114 valence electrons. The van der Waals surface area contributed by atoms with Crippen molar-refractivity contribution in [3.8, 4) is 0 Å². The summed E-state index contributed by atoms with van der Waals surface area (Å²) in [4.78, 5) is 34.7. The van der Waals surface area contributed by atoms with Crippen LogP contribution in [0.4, 0.5) is 5.69 Å². The Morgan fingerprint density at radius 1 is 1.24 bits per heavy atom. The number of hydrogen-bond donors (Lipinski definition) is 2. The molecule has 0 saturated heterocycles. The van der Waals surface area contributed by atoms with E-state index in [0.29, 0.717) is 11.3 Å². The van der Waals surface area contributed by atoms with Gasteiger partial charge in [0, 0.05) is 11.7 Å². The van der Waals surface area contributed by atoms with E-state index in [1.807, 2.05) is 13.8 Å². The Bertz CT molecular complexity index is 528. The van der Waals surface area contributed by atoms with Crippen LogP contribution in [0.15, 0.2) is 24.3 Å². The fourth-order valence-electron chi connectivity index (χ4n) is 1.62. The van der Waals surface area contributed by atoms with E-state index < -0.39 is 11.9 Å². The molecule has 0 aliphatic rings. The Morgan fingerprint density at radius 3 is 2.57 bits per heavy atom. The minimum absolute atomic E-state index is 0.0351. The number of hydrogen-bond acceptors (Lipinski definition) is 4. The summed E-state index contributed by atoms with van der Waals surface area (Å²) in [6.45, 7) is 3.82. The summed E-state index contributed by atoms with van der Waals surface area (Å²) in [5.74, 6) is -1.25. The van der Waals surface area contributed by atoms with Crippen molar-refractivity contribution in [2.75, 3.05) is 12.4 Å². The zero-order chi connectivity index (χ0) is 15.8. The topological polar surface area (TPSA) is 84.5 Å². The van der Waals surface area contributed by atoms with Crippen LogP contribution < -0.4 is 10.6 Å². The Labute approximate surface area is 123 Å². The number of benzene rings is 1. The number of nitrogens with one attached hydrogen (secondary N) is 2. The van der Waals surface area contributed by atoms with Gasteiger partial charge in [-0.05, 0) is 31.5 Å². The molecule has 0 radical (unpaired) electrons. The smallest absolute Gasteiger partial charge is 0.337 e. The molecule has 1 rings (SSSR count). The highest BCUT2D eigenvalue weighted by Gasteiger charge is 2.12. The molecule has 1 unspecified atom stereocenters. The van der Waals surface area contributed by atoms with Gasteiger partial charge in [0.1, 0.15) is 6.42 Å². The van der Waals surface area contributed by atoms with Crippen molar-refractivity contribution in [1.29, 1.82) is 0 Å². The number of anilines is 1. The molecule has 0 aliphatic carbocycles. The molecule has 2 amide bonds. The first-order valence-corrected chi connectivity index (χ1v) is 6.73. The van der Waals surface area contributed by atoms with Gasteiger partial charge in [-0.25, -0.2) is 4.79 Å². The summed E-state index contributed by atoms with van der Waals surface area (Å²) in [7, 11) is 1.28. The monoisotopic (exact) mass is 292 g/mol. The van der Waals surface area contributed by atoms with Crippen molar-refractivity contribution in [1.82, 2.24) is 5.32 Å². The van der Waals surface area contributed by atoms with Gasteiger partial charge < -0.3 is 15.4 Å². The average Bonchev–Trinajstić information content (AvgIpc) is 2.46. The van der Waals surface area contributed by atoms with Crippen LogP contribution in [0.2, 0.25) is 0 Å². The molecule has 6 nitrogen and oxygen atoms in total. The Kier molecular flexibility index (Phi) is 6.39. The van der Waals surface area contributed by atoms with Crippen LogP contribution in [0.1, 0.15) is 37.0 Å². The first-order chi connectivity index (χ1) is 9.96. The van der Waals surface area contributed by atoms with Gasteiger partial charge in [0.05, 0.1) is 12.7 Å². The standard InChI is InChI=1S/C15H20N2O4/c1-4-10(2)16-13(18)9-14(19)17-12-7-5-6-11(8-12)15(20)21-3/h5-8,10H,4,9H2,1-3H3,(H,16,18)(H,17,19). The van der Waals surface area contributed by atoms with Gasteiger partial charge in [0.2, 0.25) is 11.8 Å². The molecule has 1 atom stereocenters. The van der Waals surface area contributed by atoms with Crippen LogP contribution in [0.3, 0.4) is 0 Å². The lowest BCUT2D eigenvalue weighted by molar-refractivity contribution is -0.127. The van der Waals surface area contributed by atoms with E-state index in [1.54, 1.807) is 18.2 Å². The molecular formula is C15H20N2O4. The fraction of sp³-hybridized carbons (Fsp3) is 0.400. The predicted molar refractivity (Wildman–Crippen MR) is 78.9 cm³/mol. The molecule has 0 aromatic heterocycles. The summed E-state index contributed by atoms with van der Waals surface area (Å²) in [5, 5.41) is 5.29. The van der Waals surface area contributed by atoms with E-state index in [2.05, 4.69) is 15.4 Å². The molecule has 0 aliphatic heterocycles. The second kappa shape index (κ2) is 8.04. The number of carbonyl (C=O) groups excluding carboxylic acids is 3. The Balaban J connectivity index is 2.59. The maximum absolute atomic E-state index is 11.8. The maximum Gasteiger partial charge on any atom is 0.337 e. The number of amides is 2. The minimum Gasteiger partial charge on any atom is -0.465 e. The molecule has 0 bridgehead atoms. The molecule has 6 heteroatoms. The normalized spacial score (nSPS) is 11.4. The molecule has 0 fully saturated rings. The fourth-order valence-corrected chi connectivity index (χ4v) is 1.62. The lowest BCUT2D eigenvalue weighted by Gasteiger charge is -2.11. The van der Waals surface area contributed by atoms with E-state index in [-0.39, 0.29) is 18.4 Å². The van der Waals surface area contributed by atoms with Crippen LogP contribution in [-0.4, -0.2) is 30.9 Å². The van der Waals surface area contributed by atoms with Gasteiger partial charge >= 0.3 is 5.97 Å². The molecule has 0 heterocycles. The van der Waals surface area contributed by atoms with Crippen LogP contribution >= 0.6 is 0 Å². The summed E-state index contributed by atoms with van der Waals surface area (Å²) in [5.41, 5.74) is 0.776. The lowest BCUT2D eigenvalue weighted by Crippen LogP contribution is -2.34. The largest absolute Gasteiger partial charge is 0.465 e. The zero-order valence-electron chi connectivity index (χ0n) is 12.4. The first kappa shape index (κ1) is 16.7. The molecule has 0 spiro atoms.